The van der Waals surface area contributed by atoms with Crippen molar-refractivity contribution < 1.29 is 18.8 Å². The Labute approximate surface area is 111 Å². The standard InChI is InChI=1S/C13H18N2O4/c1-8-5-9-7-15(4-3-10(9)18-8)13(16)11-6-12(17-2)14-19-11/h6,8-10H,3-5,7H2,1-2H3/t8-,9-,10-/m0/s1. The van der Waals surface area contributed by atoms with Crippen LogP contribution in [0.1, 0.15) is 30.3 Å². The third-order valence-corrected chi connectivity index (χ3v) is 3.90. The molecule has 0 bridgehead atoms. The third kappa shape index (κ3) is 2.32. The number of fused-ring (bicyclic) bond motifs is 1. The topological polar surface area (TPSA) is 64.8 Å². The van der Waals surface area contributed by atoms with Gasteiger partial charge in [-0.2, -0.15) is 0 Å². The molecule has 1 aromatic heterocycles. The van der Waals surface area contributed by atoms with Gasteiger partial charge in [0, 0.05) is 19.0 Å². The van der Waals surface area contributed by atoms with Crippen molar-refractivity contribution in [2.24, 2.45) is 5.92 Å². The number of piperidine rings is 1. The highest BCUT2D eigenvalue weighted by Gasteiger charge is 2.39. The van der Waals surface area contributed by atoms with E-state index in [4.69, 9.17) is 14.0 Å². The molecule has 0 unspecified atom stereocenters. The number of rotatable bonds is 2. The molecule has 0 spiro atoms. The summed E-state index contributed by atoms with van der Waals surface area (Å²) in [6, 6.07) is 1.53. The van der Waals surface area contributed by atoms with Crippen LogP contribution in [0.5, 0.6) is 5.88 Å². The average molecular weight is 266 g/mol. The van der Waals surface area contributed by atoms with Crippen LogP contribution in [0.4, 0.5) is 0 Å². The van der Waals surface area contributed by atoms with Crippen molar-refractivity contribution in [3.8, 4) is 5.88 Å². The molecule has 1 aromatic rings. The highest BCUT2D eigenvalue weighted by atomic mass is 16.5. The Bertz CT molecular complexity index is 473. The van der Waals surface area contributed by atoms with Crippen LogP contribution in [0, 0.1) is 5.92 Å². The summed E-state index contributed by atoms with van der Waals surface area (Å²) in [6.07, 6.45) is 2.53. The summed E-state index contributed by atoms with van der Waals surface area (Å²) in [7, 11) is 1.49. The fourth-order valence-electron chi connectivity index (χ4n) is 2.99. The zero-order chi connectivity index (χ0) is 13.4. The first-order valence-electron chi connectivity index (χ1n) is 6.63. The molecule has 104 valence electrons. The molecule has 0 aromatic carbocycles. The minimum Gasteiger partial charge on any atom is -0.479 e. The monoisotopic (exact) mass is 266 g/mol. The highest BCUT2D eigenvalue weighted by molar-refractivity contribution is 5.91. The number of methoxy groups -OCH3 is 1. The van der Waals surface area contributed by atoms with Gasteiger partial charge in [0.25, 0.3) is 11.8 Å². The second kappa shape index (κ2) is 4.85. The maximum Gasteiger partial charge on any atom is 0.292 e. The number of hydrogen-bond donors (Lipinski definition) is 0. The quantitative estimate of drug-likeness (QED) is 0.807. The van der Waals surface area contributed by atoms with Gasteiger partial charge < -0.3 is 18.9 Å². The van der Waals surface area contributed by atoms with E-state index in [0.717, 1.165) is 19.4 Å². The van der Waals surface area contributed by atoms with Crippen LogP contribution in [0.2, 0.25) is 0 Å². The Morgan fingerprint density at radius 2 is 2.42 bits per heavy atom. The number of carbonyl (C=O) groups excluding carboxylic acids is 1. The van der Waals surface area contributed by atoms with Crippen molar-refractivity contribution >= 4 is 5.91 Å². The van der Waals surface area contributed by atoms with Gasteiger partial charge in [-0.3, -0.25) is 4.79 Å². The summed E-state index contributed by atoms with van der Waals surface area (Å²) in [5, 5.41) is 3.66. The summed E-state index contributed by atoms with van der Waals surface area (Å²) < 4.78 is 15.8. The molecule has 2 aliphatic heterocycles. The molecule has 0 N–H and O–H groups in total. The number of nitrogens with zero attached hydrogens (tertiary/aromatic N) is 2. The number of ether oxygens (including phenoxy) is 2. The van der Waals surface area contributed by atoms with E-state index >= 15 is 0 Å². The first-order valence-corrected chi connectivity index (χ1v) is 6.63. The fourth-order valence-corrected chi connectivity index (χ4v) is 2.99. The Morgan fingerprint density at radius 3 is 3.16 bits per heavy atom. The van der Waals surface area contributed by atoms with Crippen LogP contribution >= 0.6 is 0 Å². The van der Waals surface area contributed by atoms with Crippen LogP contribution in [-0.2, 0) is 4.74 Å². The van der Waals surface area contributed by atoms with E-state index in [0.29, 0.717) is 30.6 Å². The molecule has 0 radical (unpaired) electrons. The van der Waals surface area contributed by atoms with Gasteiger partial charge in [-0.15, -0.1) is 0 Å². The lowest BCUT2D eigenvalue weighted by Crippen LogP contribution is -2.44. The number of amides is 1. The highest BCUT2D eigenvalue weighted by Crippen LogP contribution is 2.33. The molecule has 2 fully saturated rings. The van der Waals surface area contributed by atoms with E-state index in [2.05, 4.69) is 12.1 Å². The summed E-state index contributed by atoms with van der Waals surface area (Å²) in [5.74, 6) is 0.893. The maximum atomic E-state index is 12.3. The minimum atomic E-state index is -0.117. The summed E-state index contributed by atoms with van der Waals surface area (Å²) in [4.78, 5) is 14.1. The maximum absolute atomic E-state index is 12.3. The number of hydrogen-bond acceptors (Lipinski definition) is 5. The SMILES string of the molecule is COc1cc(C(=O)N2CC[C@@H]3O[C@@H](C)C[C@H]3C2)on1. The molecule has 3 heterocycles. The van der Waals surface area contributed by atoms with E-state index in [1.807, 2.05) is 4.90 Å². The molecule has 19 heavy (non-hydrogen) atoms. The molecule has 0 saturated carbocycles. The Balaban J connectivity index is 1.68. The Kier molecular flexibility index (Phi) is 3.18. The van der Waals surface area contributed by atoms with Crippen molar-refractivity contribution in [2.45, 2.75) is 32.0 Å². The molecule has 6 heteroatoms. The lowest BCUT2D eigenvalue weighted by atomic mass is 9.93. The second-order valence-electron chi connectivity index (χ2n) is 5.25. The van der Waals surface area contributed by atoms with E-state index < -0.39 is 0 Å². The fraction of sp³-hybridized carbons (Fsp3) is 0.692. The molecule has 0 aliphatic carbocycles. The van der Waals surface area contributed by atoms with Gasteiger partial charge in [0.15, 0.2) is 0 Å². The van der Waals surface area contributed by atoms with Gasteiger partial charge >= 0.3 is 0 Å². The molecular formula is C13H18N2O4. The van der Waals surface area contributed by atoms with E-state index in [-0.39, 0.29) is 11.7 Å². The summed E-state index contributed by atoms with van der Waals surface area (Å²) in [6.45, 7) is 3.53. The van der Waals surface area contributed by atoms with Crippen LogP contribution in [0.3, 0.4) is 0 Å². The molecule has 6 nitrogen and oxygen atoms in total. The number of likely N-dealkylation sites (tertiary alicyclic amines) is 1. The van der Waals surface area contributed by atoms with Crippen LogP contribution in [-0.4, -0.2) is 48.4 Å². The van der Waals surface area contributed by atoms with E-state index in [1.54, 1.807) is 0 Å². The van der Waals surface area contributed by atoms with Crippen molar-refractivity contribution in [2.75, 3.05) is 20.2 Å². The smallest absolute Gasteiger partial charge is 0.292 e. The van der Waals surface area contributed by atoms with Crippen LogP contribution in [0.15, 0.2) is 10.6 Å². The van der Waals surface area contributed by atoms with E-state index in [1.165, 1.54) is 13.2 Å². The largest absolute Gasteiger partial charge is 0.479 e. The molecule has 2 aliphatic rings. The van der Waals surface area contributed by atoms with Gasteiger partial charge in [-0.25, -0.2) is 0 Å². The van der Waals surface area contributed by atoms with Crippen LogP contribution < -0.4 is 4.74 Å². The van der Waals surface area contributed by atoms with Gasteiger partial charge in [0.2, 0.25) is 5.76 Å². The Hall–Kier alpha value is -1.56. The normalized spacial score (nSPS) is 30.2. The molecule has 3 atom stereocenters. The third-order valence-electron chi connectivity index (χ3n) is 3.90. The molecule has 3 rings (SSSR count). The predicted octanol–water partition coefficient (Wildman–Crippen LogP) is 1.32. The van der Waals surface area contributed by atoms with Crippen LogP contribution in [0.25, 0.3) is 0 Å². The zero-order valence-corrected chi connectivity index (χ0v) is 11.2. The van der Waals surface area contributed by atoms with Gasteiger partial charge in [0.05, 0.1) is 25.4 Å². The first-order chi connectivity index (χ1) is 9.17. The number of carbonyl (C=O) groups is 1. The summed E-state index contributed by atoms with van der Waals surface area (Å²) in [5.41, 5.74) is 0. The lowest BCUT2D eigenvalue weighted by molar-refractivity contribution is 0.00764. The molecule has 2 saturated heterocycles. The first kappa shape index (κ1) is 12.5. The van der Waals surface area contributed by atoms with Crippen molar-refractivity contribution in [1.82, 2.24) is 10.1 Å². The average Bonchev–Trinajstić information content (AvgIpc) is 3.01. The van der Waals surface area contributed by atoms with Crippen molar-refractivity contribution in [3.05, 3.63) is 11.8 Å². The predicted molar refractivity (Wildman–Crippen MR) is 66.0 cm³/mol. The second-order valence-corrected chi connectivity index (χ2v) is 5.25. The Morgan fingerprint density at radius 1 is 1.58 bits per heavy atom. The minimum absolute atomic E-state index is 0.117. The van der Waals surface area contributed by atoms with Crippen molar-refractivity contribution in [3.63, 3.8) is 0 Å². The van der Waals surface area contributed by atoms with Gasteiger partial charge in [-0.05, 0) is 24.9 Å². The van der Waals surface area contributed by atoms with Crippen molar-refractivity contribution in [1.29, 1.82) is 0 Å². The molecular weight excluding hydrogens is 248 g/mol. The number of aromatic nitrogens is 1. The lowest BCUT2D eigenvalue weighted by Gasteiger charge is -2.33. The van der Waals surface area contributed by atoms with Gasteiger partial charge in [0.1, 0.15) is 0 Å². The summed E-state index contributed by atoms with van der Waals surface area (Å²) >= 11 is 0. The van der Waals surface area contributed by atoms with Gasteiger partial charge in [-0.1, -0.05) is 0 Å². The zero-order valence-electron chi connectivity index (χ0n) is 11.2. The molecule has 1 amide bonds. The van der Waals surface area contributed by atoms with E-state index in [9.17, 15) is 4.79 Å².